The third-order valence-corrected chi connectivity index (χ3v) is 7.01. The molecule has 3 heterocycles. The Bertz CT molecular complexity index is 1410. The summed E-state index contributed by atoms with van der Waals surface area (Å²) in [6.07, 6.45) is 1.59. The summed E-state index contributed by atoms with van der Waals surface area (Å²) in [6.45, 7) is 7.97. The highest BCUT2D eigenvalue weighted by molar-refractivity contribution is 6.30. The summed E-state index contributed by atoms with van der Waals surface area (Å²) in [5.74, 6) is 2.21. The zero-order valence-electron chi connectivity index (χ0n) is 20.1. The SMILES string of the molecule is Cc1noc(C)c1-c1ccc2nc(N3CCC(C)(C#N)CC3)nc(NCc3cccc(Cl)c3)c2c1. The smallest absolute Gasteiger partial charge is 0.227 e. The minimum Gasteiger partial charge on any atom is -0.365 e. The van der Waals surface area contributed by atoms with E-state index in [4.69, 9.17) is 26.1 Å². The van der Waals surface area contributed by atoms with Crippen molar-refractivity contribution < 1.29 is 4.52 Å². The van der Waals surface area contributed by atoms with Crippen LogP contribution in [0.1, 0.15) is 36.8 Å². The van der Waals surface area contributed by atoms with Crippen molar-refractivity contribution in [2.75, 3.05) is 23.3 Å². The van der Waals surface area contributed by atoms with Crippen LogP contribution in [0.15, 0.2) is 47.0 Å². The van der Waals surface area contributed by atoms with Crippen molar-refractivity contribution in [2.45, 2.75) is 40.2 Å². The van der Waals surface area contributed by atoms with Crippen LogP contribution in [0.4, 0.5) is 11.8 Å². The Morgan fingerprint density at radius 2 is 1.94 bits per heavy atom. The minimum absolute atomic E-state index is 0.287. The average molecular weight is 487 g/mol. The van der Waals surface area contributed by atoms with Crippen molar-refractivity contribution in [1.29, 1.82) is 5.26 Å². The summed E-state index contributed by atoms with van der Waals surface area (Å²) in [5, 5.41) is 18.7. The number of piperidine rings is 1. The summed E-state index contributed by atoms with van der Waals surface area (Å²) < 4.78 is 5.39. The van der Waals surface area contributed by atoms with Crippen molar-refractivity contribution in [3.63, 3.8) is 0 Å². The average Bonchev–Trinajstić information content (AvgIpc) is 3.20. The molecule has 178 valence electrons. The molecule has 0 amide bonds. The van der Waals surface area contributed by atoms with Crippen molar-refractivity contribution in [1.82, 2.24) is 15.1 Å². The van der Waals surface area contributed by atoms with Crippen LogP contribution in [0.25, 0.3) is 22.0 Å². The van der Waals surface area contributed by atoms with Crippen LogP contribution in [-0.4, -0.2) is 28.2 Å². The van der Waals surface area contributed by atoms with Crippen LogP contribution >= 0.6 is 11.6 Å². The van der Waals surface area contributed by atoms with Gasteiger partial charge < -0.3 is 14.7 Å². The molecule has 7 nitrogen and oxygen atoms in total. The fourth-order valence-corrected chi connectivity index (χ4v) is 4.80. The lowest BCUT2D eigenvalue weighted by atomic mass is 9.82. The Morgan fingerprint density at radius 3 is 2.63 bits per heavy atom. The molecule has 4 aromatic rings. The first kappa shape index (κ1) is 23.1. The highest BCUT2D eigenvalue weighted by atomic mass is 35.5. The zero-order valence-corrected chi connectivity index (χ0v) is 20.9. The van der Waals surface area contributed by atoms with Gasteiger partial charge in [0.25, 0.3) is 0 Å². The molecule has 1 aliphatic rings. The Hall–Kier alpha value is -3.63. The van der Waals surface area contributed by atoms with Crippen molar-refractivity contribution in [3.8, 4) is 17.2 Å². The van der Waals surface area contributed by atoms with Crippen LogP contribution in [-0.2, 0) is 6.54 Å². The summed E-state index contributed by atoms with van der Waals surface area (Å²) in [7, 11) is 0. The number of halogens is 1. The molecule has 1 saturated heterocycles. The van der Waals surface area contributed by atoms with Gasteiger partial charge in [-0.2, -0.15) is 10.2 Å². The molecule has 0 aliphatic carbocycles. The Labute approximate surface area is 209 Å². The van der Waals surface area contributed by atoms with Gasteiger partial charge in [-0.15, -0.1) is 0 Å². The van der Waals surface area contributed by atoms with Gasteiger partial charge >= 0.3 is 0 Å². The van der Waals surface area contributed by atoms with Crippen LogP contribution < -0.4 is 10.2 Å². The molecule has 0 bridgehead atoms. The molecule has 8 heteroatoms. The second-order valence-corrected chi connectivity index (χ2v) is 9.88. The number of fused-ring (bicyclic) bond motifs is 1. The first-order valence-corrected chi connectivity index (χ1v) is 12.1. The third kappa shape index (κ3) is 4.67. The maximum atomic E-state index is 9.50. The number of aromatic nitrogens is 3. The van der Waals surface area contributed by atoms with E-state index in [2.05, 4.69) is 33.6 Å². The van der Waals surface area contributed by atoms with Gasteiger partial charge in [0.2, 0.25) is 5.95 Å². The molecular formula is C27H27ClN6O. The Morgan fingerprint density at radius 1 is 1.14 bits per heavy atom. The van der Waals surface area contributed by atoms with E-state index in [9.17, 15) is 5.26 Å². The maximum Gasteiger partial charge on any atom is 0.227 e. The van der Waals surface area contributed by atoms with Gasteiger partial charge in [-0.05, 0) is 69.0 Å². The van der Waals surface area contributed by atoms with E-state index in [1.807, 2.05) is 51.1 Å². The Balaban J connectivity index is 1.55. The molecular weight excluding hydrogens is 460 g/mol. The lowest BCUT2D eigenvalue weighted by Crippen LogP contribution is -2.39. The minimum atomic E-state index is -0.287. The monoisotopic (exact) mass is 486 g/mol. The largest absolute Gasteiger partial charge is 0.365 e. The van der Waals surface area contributed by atoms with E-state index in [1.54, 1.807) is 0 Å². The first-order valence-electron chi connectivity index (χ1n) is 11.7. The van der Waals surface area contributed by atoms with Crippen LogP contribution in [0.3, 0.4) is 0 Å². The molecule has 2 aromatic heterocycles. The molecule has 2 aromatic carbocycles. The molecule has 0 saturated carbocycles. The number of benzene rings is 2. The van der Waals surface area contributed by atoms with E-state index < -0.39 is 0 Å². The molecule has 0 unspecified atom stereocenters. The summed E-state index contributed by atoms with van der Waals surface area (Å²) in [6, 6.07) is 16.4. The fourth-order valence-electron chi connectivity index (χ4n) is 4.59. The predicted octanol–water partition coefficient (Wildman–Crippen LogP) is 6.30. The van der Waals surface area contributed by atoms with E-state index in [1.165, 1.54) is 0 Å². The van der Waals surface area contributed by atoms with Crippen LogP contribution in [0, 0.1) is 30.6 Å². The van der Waals surface area contributed by atoms with Crippen LogP contribution in [0.5, 0.6) is 0 Å². The summed E-state index contributed by atoms with van der Waals surface area (Å²) in [5.41, 5.74) is 4.48. The van der Waals surface area contributed by atoms with Crippen molar-refractivity contribution in [3.05, 3.63) is 64.5 Å². The summed E-state index contributed by atoms with van der Waals surface area (Å²) >= 11 is 6.19. The second-order valence-electron chi connectivity index (χ2n) is 9.45. The van der Waals surface area contributed by atoms with Gasteiger partial charge in [-0.1, -0.05) is 35.0 Å². The van der Waals surface area contributed by atoms with Crippen LogP contribution in [0.2, 0.25) is 5.02 Å². The molecule has 0 radical (unpaired) electrons. The van der Waals surface area contributed by atoms with Crippen molar-refractivity contribution >= 4 is 34.3 Å². The molecule has 0 spiro atoms. The van der Waals surface area contributed by atoms with Gasteiger partial charge in [0, 0.05) is 35.6 Å². The van der Waals surface area contributed by atoms with Crippen molar-refractivity contribution in [2.24, 2.45) is 5.41 Å². The predicted molar refractivity (Wildman–Crippen MR) is 138 cm³/mol. The number of nitrogens with one attached hydrogen (secondary N) is 1. The first-order chi connectivity index (χ1) is 16.8. The quantitative estimate of drug-likeness (QED) is 0.354. The Kier molecular flexibility index (Phi) is 6.08. The van der Waals surface area contributed by atoms with Gasteiger partial charge in [0.05, 0.1) is 22.7 Å². The molecule has 1 aliphatic heterocycles. The van der Waals surface area contributed by atoms with E-state index in [-0.39, 0.29) is 5.41 Å². The van der Waals surface area contributed by atoms with Gasteiger partial charge in [0.15, 0.2) is 0 Å². The standard InChI is InChI=1S/C27H27ClN6O/c1-17-24(18(2)35-33-17)20-7-8-23-22(14-20)25(30-15-19-5-4-6-21(28)13-19)32-26(31-23)34-11-9-27(3,16-29)10-12-34/h4-8,13-14H,9-12,15H2,1-3H3,(H,30,31,32). The number of nitrogens with zero attached hydrogens (tertiary/aromatic N) is 5. The highest BCUT2D eigenvalue weighted by Gasteiger charge is 2.31. The molecule has 0 atom stereocenters. The number of hydrogen-bond donors (Lipinski definition) is 1. The van der Waals surface area contributed by atoms with E-state index in [0.29, 0.717) is 17.5 Å². The highest BCUT2D eigenvalue weighted by Crippen LogP contribution is 2.35. The lowest BCUT2D eigenvalue weighted by Gasteiger charge is -2.35. The molecule has 5 rings (SSSR count). The topological polar surface area (TPSA) is 90.9 Å². The van der Waals surface area contributed by atoms with Gasteiger partial charge in [0.1, 0.15) is 11.6 Å². The fraction of sp³-hybridized carbons (Fsp3) is 0.333. The molecule has 1 N–H and O–H groups in total. The molecule has 1 fully saturated rings. The van der Waals surface area contributed by atoms with Gasteiger partial charge in [-0.3, -0.25) is 0 Å². The zero-order chi connectivity index (χ0) is 24.6. The van der Waals surface area contributed by atoms with E-state index in [0.717, 1.165) is 70.8 Å². The normalized spacial score (nSPS) is 15.2. The third-order valence-electron chi connectivity index (χ3n) is 6.77. The maximum absolute atomic E-state index is 9.50. The number of anilines is 2. The van der Waals surface area contributed by atoms with E-state index >= 15 is 0 Å². The number of aryl methyl sites for hydroxylation is 2. The van der Waals surface area contributed by atoms with Gasteiger partial charge in [-0.25, -0.2) is 4.98 Å². The second kappa shape index (κ2) is 9.20. The number of rotatable bonds is 5. The summed E-state index contributed by atoms with van der Waals surface area (Å²) in [4.78, 5) is 12.0. The lowest BCUT2D eigenvalue weighted by molar-refractivity contribution is 0.335. The number of nitriles is 1. The number of hydrogen-bond acceptors (Lipinski definition) is 7. The molecule has 35 heavy (non-hydrogen) atoms.